The molecule has 3 N–H and O–H groups in total. The average Bonchev–Trinajstić information content (AvgIpc) is 3.10. The summed E-state index contributed by atoms with van der Waals surface area (Å²) in [5.41, 5.74) is -0.226. The van der Waals surface area contributed by atoms with Crippen molar-refractivity contribution < 1.29 is 33.3 Å². The van der Waals surface area contributed by atoms with E-state index in [1.54, 1.807) is 19.1 Å². The molecule has 0 spiro atoms. The lowest BCUT2D eigenvalue weighted by molar-refractivity contribution is 0.0125. The maximum absolute atomic E-state index is 14.7. The third-order valence-corrected chi connectivity index (χ3v) is 5.51. The van der Waals surface area contributed by atoms with Crippen LogP contribution in [-0.2, 0) is 11.3 Å². The molecule has 1 aliphatic heterocycles. The van der Waals surface area contributed by atoms with Crippen LogP contribution in [0.1, 0.15) is 34.5 Å². The number of ether oxygens (including phenoxy) is 2. The average molecular weight is 430 g/mol. The number of hydrogen-bond donors (Lipinski definition) is 3. The number of nitrogens with zero attached hydrogens (tertiary/aromatic N) is 1. The molecule has 0 bridgehead atoms. The van der Waals surface area contributed by atoms with Crippen LogP contribution in [0.5, 0.6) is 11.6 Å². The fourth-order valence-corrected chi connectivity index (χ4v) is 3.71. The Balaban J connectivity index is 1.63. The Kier molecular flexibility index (Phi) is 5.79. The number of pyridine rings is 1. The first-order chi connectivity index (χ1) is 14.9. The van der Waals surface area contributed by atoms with Gasteiger partial charge in [-0.25, -0.2) is 9.37 Å². The zero-order valence-corrected chi connectivity index (χ0v) is 17.0. The van der Waals surface area contributed by atoms with Gasteiger partial charge in [-0.15, -0.1) is 0 Å². The van der Waals surface area contributed by atoms with Crippen LogP contribution in [0.25, 0.3) is 11.0 Å². The lowest BCUT2D eigenvalue weighted by Gasteiger charge is -2.36. The van der Waals surface area contributed by atoms with Crippen molar-refractivity contribution in [1.29, 1.82) is 0 Å². The third kappa shape index (κ3) is 4.19. The molecule has 31 heavy (non-hydrogen) atoms. The number of carbonyl (C=O) groups is 1. The summed E-state index contributed by atoms with van der Waals surface area (Å²) in [4.78, 5) is 16.9. The number of carbonyl (C=O) groups excluding carboxylic acids is 1. The van der Waals surface area contributed by atoms with Crippen molar-refractivity contribution in [2.45, 2.75) is 31.9 Å². The van der Waals surface area contributed by atoms with Crippen molar-refractivity contribution in [3.8, 4) is 11.6 Å². The summed E-state index contributed by atoms with van der Waals surface area (Å²) in [6.45, 7) is 2.18. The molecular weight excluding hydrogens is 407 g/mol. The van der Waals surface area contributed by atoms with E-state index in [0.717, 1.165) is 6.07 Å². The Hall–Kier alpha value is -3.17. The summed E-state index contributed by atoms with van der Waals surface area (Å²) in [7, 11) is 0. The van der Waals surface area contributed by atoms with Crippen LogP contribution in [0.4, 0.5) is 4.39 Å². The SMILES string of the molecule is Cc1oc2c(F)cc(OCc3cccnc3O)cc2c1C(=O)NC1(CO)CCOCC1. The Bertz CT molecular complexity index is 1110. The number of furan rings is 1. The van der Waals surface area contributed by atoms with E-state index in [2.05, 4.69) is 10.3 Å². The lowest BCUT2D eigenvalue weighted by Crippen LogP contribution is -2.54. The molecule has 1 aliphatic rings. The highest BCUT2D eigenvalue weighted by Gasteiger charge is 2.35. The first-order valence-electron chi connectivity index (χ1n) is 9.92. The molecule has 3 heterocycles. The number of aliphatic hydroxyl groups excluding tert-OH is 1. The number of halogens is 1. The Labute approximate surface area is 177 Å². The van der Waals surface area contributed by atoms with Crippen molar-refractivity contribution in [3.63, 3.8) is 0 Å². The van der Waals surface area contributed by atoms with Crippen molar-refractivity contribution >= 4 is 16.9 Å². The standard InChI is InChI=1S/C22H23FN2O6/c1-13-18(21(28)25-22(12-26)4-7-29-8-5-22)16-9-15(10-17(23)19(16)31-13)30-11-14-3-2-6-24-20(14)27/h2-3,6,9-10,26H,4-5,7-8,11-12H2,1H3,(H,24,27)(H,25,28). The van der Waals surface area contributed by atoms with Gasteiger partial charge in [0.2, 0.25) is 5.88 Å². The van der Waals surface area contributed by atoms with E-state index in [1.165, 1.54) is 12.3 Å². The Morgan fingerprint density at radius 3 is 2.84 bits per heavy atom. The van der Waals surface area contributed by atoms with Gasteiger partial charge in [-0.2, -0.15) is 0 Å². The zero-order valence-electron chi connectivity index (χ0n) is 17.0. The molecule has 9 heteroatoms. The van der Waals surface area contributed by atoms with Crippen molar-refractivity contribution in [2.75, 3.05) is 19.8 Å². The zero-order chi connectivity index (χ0) is 22.0. The molecule has 0 atom stereocenters. The number of fused-ring (bicyclic) bond motifs is 1. The van der Waals surface area contributed by atoms with Crippen molar-refractivity contribution in [3.05, 3.63) is 53.2 Å². The molecule has 2 aromatic heterocycles. The number of aromatic nitrogens is 1. The summed E-state index contributed by atoms with van der Waals surface area (Å²) in [5.74, 6) is -0.879. The fraction of sp³-hybridized carbons (Fsp3) is 0.364. The van der Waals surface area contributed by atoms with E-state index in [0.29, 0.717) is 31.6 Å². The van der Waals surface area contributed by atoms with Gasteiger partial charge < -0.3 is 29.4 Å². The number of aliphatic hydroxyl groups is 1. The maximum atomic E-state index is 14.7. The summed E-state index contributed by atoms with van der Waals surface area (Å²) in [6, 6.07) is 5.97. The maximum Gasteiger partial charge on any atom is 0.255 e. The van der Waals surface area contributed by atoms with E-state index in [1.807, 2.05) is 0 Å². The highest BCUT2D eigenvalue weighted by atomic mass is 19.1. The number of nitrogens with one attached hydrogen (secondary N) is 1. The molecule has 0 radical (unpaired) electrons. The number of aromatic hydroxyl groups is 1. The van der Waals surface area contributed by atoms with Crippen LogP contribution in [0.2, 0.25) is 0 Å². The van der Waals surface area contributed by atoms with E-state index in [-0.39, 0.29) is 47.1 Å². The predicted molar refractivity (Wildman–Crippen MR) is 108 cm³/mol. The fourth-order valence-electron chi connectivity index (χ4n) is 3.71. The Morgan fingerprint density at radius 1 is 1.35 bits per heavy atom. The highest BCUT2D eigenvalue weighted by molar-refractivity contribution is 6.08. The van der Waals surface area contributed by atoms with Crippen LogP contribution in [0.3, 0.4) is 0 Å². The number of aryl methyl sites for hydroxylation is 1. The summed E-state index contributed by atoms with van der Waals surface area (Å²) in [5, 5.41) is 22.8. The summed E-state index contributed by atoms with van der Waals surface area (Å²) < 4.78 is 31.2. The number of rotatable bonds is 6. The Morgan fingerprint density at radius 2 is 2.13 bits per heavy atom. The van der Waals surface area contributed by atoms with E-state index >= 15 is 0 Å². The second kappa shape index (κ2) is 8.52. The molecule has 4 rings (SSSR count). The molecule has 1 aromatic carbocycles. The molecule has 164 valence electrons. The van der Waals surface area contributed by atoms with Crippen LogP contribution in [-0.4, -0.2) is 46.5 Å². The molecule has 1 saturated heterocycles. The number of hydrogen-bond acceptors (Lipinski definition) is 7. The van der Waals surface area contributed by atoms with Gasteiger partial charge in [-0.05, 0) is 38.0 Å². The van der Waals surface area contributed by atoms with E-state index in [4.69, 9.17) is 13.9 Å². The van der Waals surface area contributed by atoms with Gasteiger partial charge in [-0.1, -0.05) is 0 Å². The number of benzene rings is 1. The largest absolute Gasteiger partial charge is 0.493 e. The molecule has 1 fully saturated rings. The molecule has 8 nitrogen and oxygen atoms in total. The van der Waals surface area contributed by atoms with Crippen LogP contribution < -0.4 is 10.1 Å². The minimum Gasteiger partial charge on any atom is -0.493 e. The topological polar surface area (TPSA) is 114 Å². The quantitative estimate of drug-likeness (QED) is 0.551. The molecule has 0 aliphatic carbocycles. The van der Waals surface area contributed by atoms with Gasteiger partial charge in [0.15, 0.2) is 11.4 Å². The van der Waals surface area contributed by atoms with Crippen LogP contribution in [0.15, 0.2) is 34.9 Å². The van der Waals surface area contributed by atoms with Gasteiger partial charge in [0.05, 0.1) is 23.3 Å². The van der Waals surface area contributed by atoms with Gasteiger partial charge in [0, 0.05) is 30.9 Å². The smallest absolute Gasteiger partial charge is 0.255 e. The monoisotopic (exact) mass is 430 g/mol. The summed E-state index contributed by atoms with van der Waals surface area (Å²) >= 11 is 0. The molecule has 1 amide bonds. The van der Waals surface area contributed by atoms with Crippen molar-refractivity contribution in [1.82, 2.24) is 10.3 Å². The lowest BCUT2D eigenvalue weighted by atomic mass is 9.90. The first kappa shape index (κ1) is 21.1. The third-order valence-electron chi connectivity index (χ3n) is 5.51. The van der Waals surface area contributed by atoms with E-state index < -0.39 is 17.3 Å². The summed E-state index contributed by atoms with van der Waals surface area (Å²) in [6.07, 6.45) is 2.39. The van der Waals surface area contributed by atoms with E-state index in [9.17, 15) is 19.4 Å². The normalized spacial score (nSPS) is 15.7. The van der Waals surface area contributed by atoms with Crippen LogP contribution >= 0.6 is 0 Å². The molecule has 3 aromatic rings. The number of amides is 1. The first-order valence-corrected chi connectivity index (χ1v) is 9.92. The minimum atomic E-state index is -0.796. The minimum absolute atomic E-state index is 0.0311. The highest BCUT2D eigenvalue weighted by Crippen LogP contribution is 2.33. The molecule has 0 saturated carbocycles. The van der Waals surface area contributed by atoms with Crippen LogP contribution in [0, 0.1) is 12.7 Å². The predicted octanol–water partition coefficient (Wildman–Crippen LogP) is 2.83. The second-order valence-electron chi connectivity index (χ2n) is 7.59. The van der Waals surface area contributed by atoms with Gasteiger partial charge in [-0.3, -0.25) is 4.79 Å². The van der Waals surface area contributed by atoms with Gasteiger partial charge in [0.25, 0.3) is 5.91 Å². The molecule has 0 unspecified atom stereocenters. The molecular formula is C22H23FN2O6. The second-order valence-corrected chi connectivity index (χ2v) is 7.59. The van der Waals surface area contributed by atoms with Gasteiger partial charge >= 0.3 is 0 Å². The van der Waals surface area contributed by atoms with Gasteiger partial charge in [0.1, 0.15) is 18.1 Å². The van der Waals surface area contributed by atoms with Crippen molar-refractivity contribution in [2.24, 2.45) is 0 Å².